The van der Waals surface area contributed by atoms with Gasteiger partial charge in [-0.1, -0.05) is 13.8 Å². The highest BCUT2D eigenvalue weighted by atomic mass is 16.5. The Morgan fingerprint density at radius 1 is 1.38 bits per heavy atom. The summed E-state index contributed by atoms with van der Waals surface area (Å²) in [5.41, 5.74) is 0.120. The van der Waals surface area contributed by atoms with E-state index in [0.717, 1.165) is 25.9 Å². The van der Waals surface area contributed by atoms with E-state index in [2.05, 4.69) is 13.8 Å². The predicted octanol–water partition coefficient (Wildman–Crippen LogP) is 2.35. The number of rotatable bonds is 5. The third-order valence-electron chi connectivity index (χ3n) is 3.52. The molecule has 2 nitrogen and oxygen atoms in total. The molecule has 1 N–H and O–H groups in total. The minimum Gasteiger partial charge on any atom is -0.396 e. The second-order valence-electron chi connectivity index (χ2n) is 4.20. The van der Waals surface area contributed by atoms with Gasteiger partial charge in [-0.15, -0.1) is 0 Å². The number of aliphatic hydroxyl groups excluding tert-OH is 1. The smallest absolute Gasteiger partial charge is 0.0582 e. The van der Waals surface area contributed by atoms with Crippen molar-refractivity contribution in [2.75, 3.05) is 13.2 Å². The van der Waals surface area contributed by atoms with Crippen LogP contribution in [-0.4, -0.2) is 24.4 Å². The molecule has 0 aromatic carbocycles. The minimum atomic E-state index is 0.120. The highest BCUT2D eigenvalue weighted by molar-refractivity contribution is 4.81. The molecule has 1 heterocycles. The van der Waals surface area contributed by atoms with Crippen LogP contribution in [0.2, 0.25) is 0 Å². The number of aliphatic hydroxyl groups is 1. The van der Waals surface area contributed by atoms with Crippen LogP contribution < -0.4 is 0 Å². The van der Waals surface area contributed by atoms with Gasteiger partial charge in [-0.25, -0.2) is 0 Å². The Morgan fingerprint density at radius 2 is 2.08 bits per heavy atom. The Labute approximate surface area is 81.3 Å². The summed E-state index contributed by atoms with van der Waals surface area (Å²) >= 11 is 0. The van der Waals surface area contributed by atoms with Gasteiger partial charge in [0.25, 0.3) is 0 Å². The highest BCUT2D eigenvalue weighted by Crippen LogP contribution is 2.34. The summed E-state index contributed by atoms with van der Waals surface area (Å²) in [7, 11) is 0. The van der Waals surface area contributed by atoms with E-state index in [1.807, 2.05) is 0 Å². The van der Waals surface area contributed by atoms with E-state index in [4.69, 9.17) is 4.74 Å². The Hall–Kier alpha value is -0.0800. The lowest BCUT2D eigenvalue weighted by atomic mass is 9.78. The molecule has 1 unspecified atom stereocenters. The first-order valence-corrected chi connectivity index (χ1v) is 5.49. The molecule has 1 rings (SSSR count). The van der Waals surface area contributed by atoms with Crippen LogP contribution in [0.25, 0.3) is 0 Å². The molecule has 0 aromatic rings. The zero-order valence-electron chi connectivity index (χ0n) is 8.88. The van der Waals surface area contributed by atoms with E-state index < -0.39 is 0 Å². The Morgan fingerprint density at radius 3 is 2.46 bits per heavy atom. The normalized spacial score (nSPS) is 23.8. The first kappa shape index (κ1) is 11.0. The van der Waals surface area contributed by atoms with E-state index in [1.54, 1.807) is 0 Å². The largest absolute Gasteiger partial charge is 0.396 e. The minimum absolute atomic E-state index is 0.120. The predicted molar refractivity (Wildman–Crippen MR) is 53.7 cm³/mol. The van der Waals surface area contributed by atoms with Crippen molar-refractivity contribution in [1.29, 1.82) is 0 Å². The van der Waals surface area contributed by atoms with E-state index >= 15 is 0 Å². The molecule has 0 spiro atoms. The second kappa shape index (κ2) is 4.97. The van der Waals surface area contributed by atoms with Crippen LogP contribution in [0, 0.1) is 5.41 Å². The van der Waals surface area contributed by atoms with Gasteiger partial charge in [-0.2, -0.15) is 0 Å². The molecule has 0 saturated carbocycles. The van der Waals surface area contributed by atoms with Gasteiger partial charge in [0, 0.05) is 13.2 Å². The van der Waals surface area contributed by atoms with Crippen molar-refractivity contribution in [1.82, 2.24) is 0 Å². The summed E-state index contributed by atoms with van der Waals surface area (Å²) in [4.78, 5) is 0. The first-order valence-electron chi connectivity index (χ1n) is 5.49. The maximum Gasteiger partial charge on any atom is 0.0582 e. The number of ether oxygens (including phenoxy) is 1. The molecule has 2 heteroatoms. The van der Waals surface area contributed by atoms with Crippen molar-refractivity contribution >= 4 is 0 Å². The Balaban J connectivity index is 2.44. The average Bonchev–Trinajstić information content (AvgIpc) is 2.67. The van der Waals surface area contributed by atoms with E-state index in [-0.39, 0.29) is 5.41 Å². The van der Waals surface area contributed by atoms with Crippen molar-refractivity contribution < 1.29 is 9.84 Å². The van der Waals surface area contributed by atoms with Gasteiger partial charge in [0.15, 0.2) is 0 Å². The maximum absolute atomic E-state index is 9.38. The fourth-order valence-electron chi connectivity index (χ4n) is 2.12. The fourth-order valence-corrected chi connectivity index (χ4v) is 2.12. The molecule has 0 aromatic heterocycles. The maximum atomic E-state index is 9.38. The standard InChI is InChI=1S/C11H22O2/c1-3-11(4-2,9-12)8-10-6-5-7-13-10/h10,12H,3-9H2,1-2H3. The molecular formula is C11H22O2. The van der Waals surface area contributed by atoms with E-state index in [9.17, 15) is 5.11 Å². The zero-order valence-corrected chi connectivity index (χ0v) is 8.88. The van der Waals surface area contributed by atoms with Gasteiger partial charge in [-0.3, -0.25) is 0 Å². The topological polar surface area (TPSA) is 29.5 Å². The summed E-state index contributed by atoms with van der Waals surface area (Å²) in [6.45, 7) is 5.54. The fraction of sp³-hybridized carbons (Fsp3) is 1.00. The quantitative estimate of drug-likeness (QED) is 0.714. The van der Waals surface area contributed by atoms with Gasteiger partial charge >= 0.3 is 0 Å². The highest BCUT2D eigenvalue weighted by Gasteiger charge is 2.30. The molecule has 0 bridgehead atoms. The van der Waals surface area contributed by atoms with Gasteiger partial charge in [0.1, 0.15) is 0 Å². The van der Waals surface area contributed by atoms with Crippen LogP contribution in [0.1, 0.15) is 46.0 Å². The Bertz CT molecular complexity index is 127. The first-order chi connectivity index (χ1) is 6.26. The van der Waals surface area contributed by atoms with Gasteiger partial charge in [0.05, 0.1) is 6.10 Å². The number of hydrogen-bond acceptors (Lipinski definition) is 2. The van der Waals surface area contributed by atoms with Gasteiger partial charge in [-0.05, 0) is 37.5 Å². The summed E-state index contributed by atoms with van der Waals surface area (Å²) < 4.78 is 5.60. The van der Waals surface area contributed by atoms with Crippen LogP contribution in [-0.2, 0) is 4.74 Å². The third kappa shape index (κ3) is 2.68. The molecule has 0 aliphatic carbocycles. The molecule has 0 amide bonds. The van der Waals surface area contributed by atoms with Crippen LogP contribution in [0.3, 0.4) is 0 Å². The van der Waals surface area contributed by atoms with E-state index in [0.29, 0.717) is 12.7 Å². The average molecular weight is 186 g/mol. The van der Waals surface area contributed by atoms with Gasteiger partial charge < -0.3 is 9.84 Å². The van der Waals surface area contributed by atoms with Crippen molar-refractivity contribution in [2.24, 2.45) is 5.41 Å². The van der Waals surface area contributed by atoms with Gasteiger partial charge in [0.2, 0.25) is 0 Å². The second-order valence-corrected chi connectivity index (χ2v) is 4.20. The van der Waals surface area contributed by atoms with Crippen LogP contribution in [0.4, 0.5) is 0 Å². The molecule has 1 fully saturated rings. The summed E-state index contributed by atoms with van der Waals surface area (Å²) in [5, 5.41) is 9.38. The molecule has 0 radical (unpaired) electrons. The molecule has 1 aliphatic rings. The van der Waals surface area contributed by atoms with Crippen molar-refractivity contribution in [2.45, 2.75) is 52.1 Å². The molecule has 78 valence electrons. The molecule has 13 heavy (non-hydrogen) atoms. The third-order valence-corrected chi connectivity index (χ3v) is 3.52. The SMILES string of the molecule is CCC(CC)(CO)CC1CCCO1. The lowest BCUT2D eigenvalue weighted by Crippen LogP contribution is -2.29. The molecule has 1 aliphatic heterocycles. The lowest BCUT2D eigenvalue weighted by molar-refractivity contribution is 0.0257. The van der Waals surface area contributed by atoms with Crippen LogP contribution in [0.15, 0.2) is 0 Å². The zero-order chi connectivity index (χ0) is 9.73. The summed E-state index contributed by atoms with van der Waals surface area (Å²) in [6.07, 6.45) is 5.93. The van der Waals surface area contributed by atoms with Crippen molar-refractivity contribution in [3.05, 3.63) is 0 Å². The summed E-state index contributed by atoms with van der Waals surface area (Å²) in [6, 6.07) is 0. The Kier molecular flexibility index (Phi) is 4.20. The van der Waals surface area contributed by atoms with E-state index in [1.165, 1.54) is 12.8 Å². The van der Waals surface area contributed by atoms with Crippen molar-refractivity contribution in [3.8, 4) is 0 Å². The monoisotopic (exact) mass is 186 g/mol. The van der Waals surface area contributed by atoms with Crippen LogP contribution >= 0.6 is 0 Å². The van der Waals surface area contributed by atoms with Crippen molar-refractivity contribution in [3.63, 3.8) is 0 Å². The molecule has 1 saturated heterocycles. The molecular weight excluding hydrogens is 164 g/mol. The molecule has 1 atom stereocenters. The lowest BCUT2D eigenvalue weighted by Gasteiger charge is -2.31. The number of hydrogen-bond donors (Lipinski definition) is 1. The summed E-state index contributed by atoms with van der Waals surface area (Å²) in [5.74, 6) is 0. The van der Waals surface area contributed by atoms with Crippen LogP contribution in [0.5, 0.6) is 0 Å².